The molecule has 0 fully saturated rings. The molecule has 0 aliphatic heterocycles. The first kappa shape index (κ1) is 16.8. The highest BCUT2D eigenvalue weighted by Gasteiger charge is 2.10. The molecule has 0 bridgehead atoms. The molecule has 2 aromatic carbocycles. The van der Waals surface area contributed by atoms with Crippen molar-refractivity contribution in [3.8, 4) is 27.8 Å². The Hall–Kier alpha value is -2.05. The second-order valence-corrected chi connectivity index (χ2v) is 6.65. The number of halogens is 1. The second kappa shape index (κ2) is 7.68. The molecule has 124 valence electrons. The normalized spacial score (nSPS) is 10.5. The predicted octanol–water partition coefficient (Wildman–Crippen LogP) is 5.17. The molecule has 0 radical (unpaired) electrons. The zero-order valence-electron chi connectivity index (χ0n) is 13.3. The average molecular weight is 406 g/mol. The first-order valence-corrected chi connectivity index (χ1v) is 8.92. The Morgan fingerprint density at radius 3 is 2.54 bits per heavy atom. The molecule has 1 aromatic heterocycles. The van der Waals surface area contributed by atoms with E-state index in [2.05, 4.69) is 20.9 Å². The number of hydrogen-bond acceptors (Lipinski definition) is 5. The SMILES string of the molecule is COc1ccc(-c2nc(COc3ccccc3Br)cs2)cc1OC. The average Bonchev–Trinajstić information content (AvgIpc) is 3.09. The van der Waals surface area contributed by atoms with E-state index in [0.29, 0.717) is 18.1 Å². The lowest BCUT2D eigenvalue weighted by Crippen LogP contribution is -1.96. The molecule has 0 N–H and O–H groups in total. The Labute approximate surface area is 153 Å². The Kier molecular flexibility index (Phi) is 5.37. The second-order valence-electron chi connectivity index (χ2n) is 4.93. The van der Waals surface area contributed by atoms with E-state index in [0.717, 1.165) is 26.5 Å². The first-order valence-electron chi connectivity index (χ1n) is 7.25. The van der Waals surface area contributed by atoms with E-state index in [1.54, 1.807) is 25.6 Å². The maximum atomic E-state index is 5.81. The number of para-hydroxylation sites is 1. The summed E-state index contributed by atoms with van der Waals surface area (Å²) in [7, 11) is 3.25. The van der Waals surface area contributed by atoms with Crippen LogP contribution in [-0.4, -0.2) is 19.2 Å². The third kappa shape index (κ3) is 3.71. The molecule has 4 nitrogen and oxygen atoms in total. The number of nitrogens with zero attached hydrogens (tertiary/aromatic N) is 1. The molecule has 24 heavy (non-hydrogen) atoms. The minimum Gasteiger partial charge on any atom is -0.493 e. The van der Waals surface area contributed by atoms with Gasteiger partial charge in [0.1, 0.15) is 17.4 Å². The van der Waals surface area contributed by atoms with Crippen molar-refractivity contribution in [2.45, 2.75) is 6.61 Å². The van der Waals surface area contributed by atoms with Gasteiger partial charge in [0, 0.05) is 10.9 Å². The summed E-state index contributed by atoms with van der Waals surface area (Å²) < 4.78 is 17.3. The van der Waals surface area contributed by atoms with Gasteiger partial charge in [0.15, 0.2) is 11.5 Å². The minimum atomic E-state index is 0.423. The number of ether oxygens (including phenoxy) is 3. The smallest absolute Gasteiger partial charge is 0.161 e. The monoisotopic (exact) mass is 405 g/mol. The van der Waals surface area contributed by atoms with Crippen molar-refractivity contribution in [1.82, 2.24) is 4.98 Å². The molecule has 0 aliphatic rings. The Balaban J connectivity index is 1.75. The fourth-order valence-electron chi connectivity index (χ4n) is 2.19. The highest BCUT2D eigenvalue weighted by atomic mass is 79.9. The third-order valence-electron chi connectivity index (χ3n) is 3.39. The molecule has 0 spiro atoms. The molecule has 3 aromatic rings. The lowest BCUT2D eigenvalue weighted by atomic mass is 10.2. The maximum Gasteiger partial charge on any atom is 0.161 e. The summed E-state index contributed by atoms with van der Waals surface area (Å²) >= 11 is 5.05. The van der Waals surface area contributed by atoms with Crippen molar-refractivity contribution in [2.75, 3.05) is 14.2 Å². The van der Waals surface area contributed by atoms with Crippen molar-refractivity contribution in [3.63, 3.8) is 0 Å². The number of rotatable bonds is 6. The van der Waals surface area contributed by atoms with Gasteiger partial charge < -0.3 is 14.2 Å². The van der Waals surface area contributed by atoms with Crippen LogP contribution in [0.4, 0.5) is 0 Å². The van der Waals surface area contributed by atoms with E-state index in [-0.39, 0.29) is 0 Å². The molecule has 1 heterocycles. The van der Waals surface area contributed by atoms with Gasteiger partial charge >= 0.3 is 0 Å². The molecule has 0 aliphatic carbocycles. The Morgan fingerprint density at radius 1 is 1.00 bits per heavy atom. The summed E-state index contributed by atoms with van der Waals surface area (Å²) in [4.78, 5) is 4.64. The number of benzene rings is 2. The van der Waals surface area contributed by atoms with E-state index in [9.17, 15) is 0 Å². The van der Waals surface area contributed by atoms with Crippen LogP contribution in [0.2, 0.25) is 0 Å². The number of hydrogen-bond donors (Lipinski definition) is 0. The van der Waals surface area contributed by atoms with Gasteiger partial charge in [-0.15, -0.1) is 11.3 Å². The molecule has 0 atom stereocenters. The van der Waals surface area contributed by atoms with Gasteiger partial charge in [-0.3, -0.25) is 0 Å². The molecular weight excluding hydrogens is 390 g/mol. The zero-order chi connectivity index (χ0) is 16.9. The van der Waals surface area contributed by atoms with Gasteiger partial charge in [-0.1, -0.05) is 12.1 Å². The summed E-state index contributed by atoms with van der Waals surface area (Å²) in [5, 5.41) is 2.92. The van der Waals surface area contributed by atoms with Crippen LogP contribution in [-0.2, 0) is 6.61 Å². The van der Waals surface area contributed by atoms with E-state index in [1.165, 1.54) is 0 Å². The summed E-state index contributed by atoms with van der Waals surface area (Å²) in [6, 6.07) is 13.5. The lowest BCUT2D eigenvalue weighted by molar-refractivity contribution is 0.300. The predicted molar refractivity (Wildman–Crippen MR) is 99.1 cm³/mol. The summed E-state index contributed by atoms with van der Waals surface area (Å²) in [6.07, 6.45) is 0. The van der Waals surface area contributed by atoms with Gasteiger partial charge in [0.05, 0.1) is 24.4 Å². The van der Waals surface area contributed by atoms with Crippen molar-refractivity contribution in [3.05, 3.63) is 58.0 Å². The minimum absolute atomic E-state index is 0.423. The zero-order valence-corrected chi connectivity index (χ0v) is 15.7. The van der Waals surface area contributed by atoms with Crippen LogP contribution in [0.25, 0.3) is 10.6 Å². The van der Waals surface area contributed by atoms with Crippen LogP contribution in [0.1, 0.15) is 5.69 Å². The van der Waals surface area contributed by atoms with Crippen molar-refractivity contribution < 1.29 is 14.2 Å². The van der Waals surface area contributed by atoms with E-state index >= 15 is 0 Å². The van der Waals surface area contributed by atoms with Gasteiger partial charge in [-0.2, -0.15) is 0 Å². The topological polar surface area (TPSA) is 40.6 Å². The number of thiazole rings is 1. The summed E-state index contributed by atoms with van der Waals surface area (Å²) in [5.74, 6) is 2.20. The first-order chi connectivity index (χ1) is 11.7. The standard InChI is InChI=1S/C18H16BrNO3S/c1-21-16-8-7-12(9-17(16)22-2)18-20-13(11-24-18)10-23-15-6-4-3-5-14(15)19/h3-9,11H,10H2,1-2H3. The molecule has 0 saturated carbocycles. The highest BCUT2D eigenvalue weighted by molar-refractivity contribution is 9.10. The van der Waals surface area contributed by atoms with Crippen LogP contribution in [0.3, 0.4) is 0 Å². The molecule has 0 amide bonds. The van der Waals surface area contributed by atoms with Gasteiger partial charge in [0.25, 0.3) is 0 Å². The molecular formula is C18H16BrNO3S. The van der Waals surface area contributed by atoms with Gasteiger partial charge in [-0.25, -0.2) is 4.98 Å². The van der Waals surface area contributed by atoms with Crippen LogP contribution in [0, 0.1) is 0 Å². The van der Waals surface area contributed by atoms with Crippen LogP contribution >= 0.6 is 27.3 Å². The Bertz CT molecular complexity index is 835. The number of aromatic nitrogens is 1. The quantitative estimate of drug-likeness (QED) is 0.567. The molecule has 0 saturated heterocycles. The van der Waals surface area contributed by atoms with E-state index in [1.807, 2.05) is 47.8 Å². The maximum absolute atomic E-state index is 5.81. The van der Waals surface area contributed by atoms with Gasteiger partial charge in [0.2, 0.25) is 0 Å². The lowest BCUT2D eigenvalue weighted by Gasteiger charge is -2.08. The van der Waals surface area contributed by atoms with E-state index in [4.69, 9.17) is 14.2 Å². The number of methoxy groups -OCH3 is 2. The molecule has 3 rings (SSSR count). The van der Waals surface area contributed by atoms with Crippen molar-refractivity contribution in [2.24, 2.45) is 0 Å². The molecule has 6 heteroatoms. The summed E-state index contributed by atoms with van der Waals surface area (Å²) in [5.41, 5.74) is 1.88. The van der Waals surface area contributed by atoms with Crippen molar-refractivity contribution >= 4 is 27.3 Å². The summed E-state index contributed by atoms with van der Waals surface area (Å²) in [6.45, 7) is 0.423. The van der Waals surface area contributed by atoms with Gasteiger partial charge in [-0.05, 0) is 46.3 Å². The molecule has 0 unspecified atom stereocenters. The van der Waals surface area contributed by atoms with Crippen molar-refractivity contribution in [1.29, 1.82) is 0 Å². The Morgan fingerprint density at radius 2 is 1.79 bits per heavy atom. The van der Waals surface area contributed by atoms with E-state index < -0.39 is 0 Å². The fraction of sp³-hybridized carbons (Fsp3) is 0.167. The third-order valence-corrected chi connectivity index (χ3v) is 4.99. The highest BCUT2D eigenvalue weighted by Crippen LogP contribution is 2.33. The largest absolute Gasteiger partial charge is 0.493 e. The van der Waals surface area contributed by atoms with Crippen LogP contribution in [0.15, 0.2) is 52.3 Å². The van der Waals surface area contributed by atoms with Crippen LogP contribution < -0.4 is 14.2 Å². The fourth-order valence-corrected chi connectivity index (χ4v) is 3.39. The van der Waals surface area contributed by atoms with Crippen LogP contribution in [0.5, 0.6) is 17.2 Å².